The van der Waals surface area contributed by atoms with Crippen LogP contribution in [0.4, 0.5) is 0 Å². The Bertz CT molecular complexity index is 907. The van der Waals surface area contributed by atoms with Crippen molar-refractivity contribution < 1.29 is 9.32 Å². The van der Waals surface area contributed by atoms with Crippen molar-refractivity contribution >= 4 is 16.8 Å². The summed E-state index contributed by atoms with van der Waals surface area (Å²) in [6, 6.07) is 4.22. The molecule has 0 aliphatic carbocycles. The van der Waals surface area contributed by atoms with Crippen LogP contribution in [0, 0.1) is 20.8 Å². The zero-order chi connectivity index (χ0) is 17.4. The second-order valence-corrected chi connectivity index (χ2v) is 6.25. The molecule has 2 aromatic heterocycles. The molecule has 24 heavy (non-hydrogen) atoms. The summed E-state index contributed by atoms with van der Waals surface area (Å²) < 4.78 is 5.09. The van der Waals surface area contributed by atoms with Crippen LogP contribution in [-0.4, -0.2) is 33.0 Å². The molecule has 0 saturated carbocycles. The average Bonchev–Trinajstić information content (AvgIpc) is 3.12. The maximum atomic E-state index is 12.8. The van der Waals surface area contributed by atoms with Gasteiger partial charge in [-0.2, -0.15) is 4.98 Å². The van der Waals surface area contributed by atoms with E-state index in [2.05, 4.69) is 41.1 Å². The van der Waals surface area contributed by atoms with Gasteiger partial charge < -0.3 is 14.4 Å². The van der Waals surface area contributed by atoms with E-state index in [1.165, 1.54) is 5.56 Å². The van der Waals surface area contributed by atoms with E-state index in [4.69, 9.17) is 4.52 Å². The maximum absolute atomic E-state index is 12.8. The predicted molar refractivity (Wildman–Crippen MR) is 92.0 cm³/mol. The minimum Gasteiger partial charge on any atom is -0.350 e. The second-order valence-electron chi connectivity index (χ2n) is 6.25. The molecule has 0 radical (unpaired) electrons. The van der Waals surface area contributed by atoms with Crippen molar-refractivity contribution in [3.8, 4) is 0 Å². The first-order chi connectivity index (χ1) is 11.4. The fourth-order valence-corrected chi connectivity index (χ4v) is 2.97. The number of aryl methyl sites for hydroxylation is 4. The SMILES string of the molecule is CCc1nc(CN(C)C(=O)c2[nH]c3c(C)cc(C)cc3c2C)no1. The quantitative estimate of drug-likeness (QED) is 0.798. The number of carbonyl (C=O) groups is 1. The van der Waals surface area contributed by atoms with Crippen molar-refractivity contribution in [3.05, 3.63) is 46.2 Å². The van der Waals surface area contributed by atoms with E-state index in [0.717, 1.165) is 22.0 Å². The Balaban J connectivity index is 1.90. The number of amides is 1. The number of hydrogen-bond donors (Lipinski definition) is 1. The lowest BCUT2D eigenvalue weighted by Gasteiger charge is -2.14. The molecule has 1 amide bonds. The Morgan fingerprint density at radius 3 is 2.71 bits per heavy atom. The number of aromatic amines is 1. The van der Waals surface area contributed by atoms with Gasteiger partial charge >= 0.3 is 0 Å². The molecular weight excluding hydrogens is 304 g/mol. The lowest BCUT2D eigenvalue weighted by molar-refractivity contribution is 0.0775. The first kappa shape index (κ1) is 16.2. The van der Waals surface area contributed by atoms with Crippen molar-refractivity contribution in [1.29, 1.82) is 0 Å². The number of carbonyl (C=O) groups excluding carboxylic acids is 1. The molecule has 0 bridgehead atoms. The van der Waals surface area contributed by atoms with E-state index in [1.807, 2.05) is 13.8 Å². The molecule has 6 heteroatoms. The molecule has 0 saturated heterocycles. The first-order valence-electron chi connectivity index (χ1n) is 8.07. The highest BCUT2D eigenvalue weighted by atomic mass is 16.5. The van der Waals surface area contributed by atoms with Gasteiger partial charge in [0.1, 0.15) is 5.69 Å². The highest BCUT2D eigenvalue weighted by Crippen LogP contribution is 2.26. The van der Waals surface area contributed by atoms with Crippen molar-refractivity contribution in [2.45, 2.75) is 40.7 Å². The van der Waals surface area contributed by atoms with Crippen molar-refractivity contribution in [2.24, 2.45) is 0 Å². The summed E-state index contributed by atoms with van der Waals surface area (Å²) in [6.45, 7) is 8.35. The van der Waals surface area contributed by atoms with Gasteiger partial charge in [-0.15, -0.1) is 0 Å². The molecule has 6 nitrogen and oxygen atoms in total. The molecule has 126 valence electrons. The molecule has 0 atom stereocenters. The third kappa shape index (κ3) is 2.79. The van der Waals surface area contributed by atoms with E-state index in [1.54, 1.807) is 11.9 Å². The first-order valence-corrected chi connectivity index (χ1v) is 8.07. The average molecular weight is 326 g/mol. The Kier molecular flexibility index (Phi) is 4.13. The van der Waals surface area contributed by atoms with Crippen LogP contribution in [0.5, 0.6) is 0 Å². The van der Waals surface area contributed by atoms with Gasteiger partial charge in [0.25, 0.3) is 5.91 Å². The predicted octanol–water partition coefficient (Wildman–Crippen LogP) is 3.31. The van der Waals surface area contributed by atoms with E-state index in [0.29, 0.717) is 30.4 Å². The fraction of sp³-hybridized carbons (Fsp3) is 0.389. The number of fused-ring (bicyclic) bond motifs is 1. The number of H-pyrrole nitrogens is 1. The van der Waals surface area contributed by atoms with Gasteiger partial charge in [-0.3, -0.25) is 4.79 Å². The third-order valence-corrected chi connectivity index (χ3v) is 4.26. The molecule has 0 spiro atoms. The lowest BCUT2D eigenvalue weighted by atomic mass is 10.1. The minimum atomic E-state index is -0.0800. The number of nitrogens with zero attached hydrogens (tertiary/aromatic N) is 3. The summed E-state index contributed by atoms with van der Waals surface area (Å²) in [4.78, 5) is 22.0. The molecule has 1 aromatic carbocycles. The summed E-state index contributed by atoms with van der Waals surface area (Å²) in [7, 11) is 1.74. The largest absolute Gasteiger partial charge is 0.350 e. The van der Waals surface area contributed by atoms with Crippen LogP contribution in [0.1, 0.15) is 45.8 Å². The number of hydrogen-bond acceptors (Lipinski definition) is 4. The molecule has 3 rings (SSSR count). The molecular formula is C18H22N4O2. The van der Waals surface area contributed by atoms with Crippen LogP contribution in [0.15, 0.2) is 16.7 Å². The molecule has 0 unspecified atom stereocenters. The molecule has 1 N–H and O–H groups in total. The number of nitrogens with one attached hydrogen (secondary N) is 1. The zero-order valence-electron chi connectivity index (χ0n) is 14.7. The van der Waals surface area contributed by atoms with E-state index < -0.39 is 0 Å². The molecule has 0 aliphatic rings. The van der Waals surface area contributed by atoms with Crippen LogP contribution < -0.4 is 0 Å². The van der Waals surface area contributed by atoms with Crippen molar-refractivity contribution in [3.63, 3.8) is 0 Å². The summed E-state index contributed by atoms with van der Waals surface area (Å²) >= 11 is 0. The minimum absolute atomic E-state index is 0.0800. The topological polar surface area (TPSA) is 75.0 Å². The van der Waals surface area contributed by atoms with Gasteiger partial charge in [0.05, 0.1) is 6.54 Å². The van der Waals surface area contributed by atoms with Crippen LogP contribution in [0.3, 0.4) is 0 Å². The van der Waals surface area contributed by atoms with E-state index in [-0.39, 0.29) is 5.91 Å². The lowest BCUT2D eigenvalue weighted by Crippen LogP contribution is -2.27. The van der Waals surface area contributed by atoms with Gasteiger partial charge in [-0.05, 0) is 38.0 Å². The number of benzene rings is 1. The summed E-state index contributed by atoms with van der Waals surface area (Å²) in [5.74, 6) is 1.02. The molecule has 0 fully saturated rings. The maximum Gasteiger partial charge on any atom is 0.270 e. The summed E-state index contributed by atoms with van der Waals surface area (Å²) in [6.07, 6.45) is 0.685. The van der Waals surface area contributed by atoms with Gasteiger partial charge in [-0.25, -0.2) is 0 Å². The normalized spacial score (nSPS) is 11.2. The Hall–Kier alpha value is -2.63. The van der Waals surface area contributed by atoms with E-state index in [9.17, 15) is 4.79 Å². The summed E-state index contributed by atoms with van der Waals surface area (Å²) in [5, 5.41) is 5.00. The monoisotopic (exact) mass is 326 g/mol. The van der Waals surface area contributed by atoms with Crippen LogP contribution in [0.2, 0.25) is 0 Å². The van der Waals surface area contributed by atoms with E-state index >= 15 is 0 Å². The second kappa shape index (κ2) is 6.11. The van der Waals surface area contributed by atoms with Gasteiger partial charge in [-0.1, -0.05) is 23.7 Å². The van der Waals surface area contributed by atoms with Gasteiger partial charge in [0.2, 0.25) is 5.89 Å². The summed E-state index contributed by atoms with van der Waals surface area (Å²) in [5.41, 5.74) is 4.92. The highest BCUT2D eigenvalue weighted by molar-refractivity contribution is 6.01. The van der Waals surface area contributed by atoms with Crippen molar-refractivity contribution in [2.75, 3.05) is 7.05 Å². The fourth-order valence-electron chi connectivity index (χ4n) is 2.97. The standard InChI is InChI=1S/C18H22N4O2/c1-6-15-19-14(21-24-15)9-22(5)18(23)17-12(4)13-8-10(2)7-11(3)16(13)20-17/h7-8,20H,6,9H2,1-5H3. The zero-order valence-corrected chi connectivity index (χ0v) is 14.7. The van der Waals surface area contributed by atoms with Crippen molar-refractivity contribution in [1.82, 2.24) is 20.0 Å². The third-order valence-electron chi connectivity index (χ3n) is 4.26. The number of aromatic nitrogens is 3. The van der Waals surface area contributed by atoms with Crippen LogP contribution in [-0.2, 0) is 13.0 Å². The smallest absolute Gasteiger partial charge is 0.270 e. The van der Waals surface area contributed by atoms with Gasteiger partial charge in [0, 0.05) is 24.4 Å². The number of rotatable bonds is 4. The van der Waals surface area contributed by atoms with Crippen LogP contribution in [0.25, 0.3) is 10.9 Å². The highest BCUT2D eigenvalue weighted by Gasteiger charge is 2.20. The molecule has 3 aromatic rings. The Morgan fingerprint density at radius 1 is 1.29 bits per heavy atom. The van der Waals surface area contributed by atoms with Gasteiger partial charge in [0.15, 0.2) is 5.82 Å². The molecule has 2 heterocycles. The Morgan fingerprint density at radius 2 is 2.04 bits per heavy atom. The molecule has 0 aliphatic heterocycles. The van der Waals surface area contributed by atoms with Crippen LogP contribution >= 0.6 is 0 Å². The Labute approximate surface area is 140 Å².